The number of imide groups is 1. The molecule has 32 heavy (non-hydrogen) atoms. The van der Waals surface area contributed by atoms with Gasteiger partial charge in [0.2, 0.25) is 0 Å². The first-order valence-corrected chi connectivity index (χ1v) is 10.9. The van der Waals surface area contributed by atoms with Crippen molar-refractivity contribution in [3.05, 3.63) is 70.9 Å². The Balaban J connectivity index is 1.30. The van der Waals surface area contributed by atoms with Crippen LogP contribution in [0.4, 0.5) is 0 Å². The summed E-state index contributed by atoms with van der Waals surface area (Å²) >= 11 is 1.41. The van der Waals surface area contributed by atoms with E-state index in [9.17, 15) is 14.7 Å². The zero-order valence-corrected chi connectivity index (χ0v) is 18.0. The van der Waals surface area contributed by atoms with Crippen LogP contribution in [0.2, 0.25) is 0 Å². The van der Waals surface area contributed by atoms with Crippen LogP contribution in [0.15, 0.2) is 54.9 Å². The molecule has 2 amide bonds. The fourth-order valence-electron chi connectivity index (χ4n) is 3.89. The number of ether oxygens (including phenoxy) is 1. The number of thiophene rings is 1. The molecule has 1 aromatic carbocycles. The number of aliphatic hydroxyl groups excluding tert-OH is 1. The number of carbonyl (C=O) groups excluding carboxylic acids is 2. The Morgan fingerprint density at radius 2 is 1.91 bits per heavy atom. The third-order valence-corrected chi connectivity index (χ3v) is 6.67. The zero-order chi connectivity index (χ0) is 22.2. The molecule has 0 saturated carbocycles. The van der Waals surface area contributed by atoms with Crippen molar-refractivity contribution in [1.82, 2.24) is 20.2 Å². The highest BCUT2D eigenvalue weighted by Gasteiger charge is 2.34. The molecule has 0 saturated heterocycles. The van der Waals surface area contributed by atoms with Crippen LogP contribution in [0.25, 0.3) is 21.5 Å². The molecule has 9 heteroatoms. The Morgan fingerprint density at radius 1 is 1.16 bits per heavy atom. The number of H-pyrrole nitrogens is 1. The maximum absolute atomic E-state index is 12.5. The van der Waals surface area contributed by atoms with Crippen LogP contribution >= 0.6 is 11.3 Å². The number of fused-ring (bicyclic) bond motifs is 2. The maximum Gasteiger partial charge on any atom is 0.261 e. The number of aromatic nitrogens is 2. The van der Waals surface area contributed by atoms with Crippen molar-refractivity contribution < 1.29 is 19.4 Å². The van der Waals surface area contributed by atoms with Gasteiger partial charge in [0.25, 0.3) is 11.8 Å². The molecular formula is C23H20N4O4S. The van der Waals surface area contributed by atoms with E-state index in [1.165, 1.54) is 16.2 Å². The minimum atomic E-state index is -1.01. The maximum atomic E-state index is 12.5. The second kappa shape index (κ2) is 8.19. The molecule has 1 aliphatic rings. The van der Waals surface area contributed by atoms with Crippen molar-refractivity contribution in [2.45, 2.75) is 6.23 Å². The lowest BCUT2D eigenvalue weighted by Gasteiger charge is -2.17. The van der Waals surface area contributed by atoms with E-state index in [-0.39, 0.29) is 24.9 Å². The van der Waals surface area contributed by atoms with Gasteiger partial charge in [0.1, 0.15) is 17.6 Å². The fourth-order valence-corrected chi connectivity index (χ4v) is 5.02. The number of amides is 2. The van der Waals surface area contributed by atoms with E-state index in [2.05, 4.69) is 15.3 Å². The van der Waals surface area contributed by atoms with Crippen molar-refractivity contribution in [1.29, 1.82) is 0 Å². The molecular weight excluding hydrogens is 428 g/mol. The first-order valence-electron chi connectivity index (χ1n) is 10.1. The minimum Gasteiger partial charge on any atom is -0.495 e. The van der Waals surface area contributed by atoms with Crippen molar-refractivity contribution in [2.75, 3.05) is 20.2 Å². The summed E-state index contributed by atoms with van der Waals surface area (Å²) in [4.78, 5) is 35.1. The molecule has 162 valence electrons. The topological polar surface area (TPSA) is 108 Å². The highest BCUT2D eigenvalue weighted by atomic mass is 32.1. The number of carbonyl (C=O) groups is 2. The number of methoxy groups -OCH3 is 1. The van der Waals surface area contributed by atoms with Gasteiger partial charge in [-0.15, -0.1) is 11.3 Å². The number of aliphatic hydroxyl groups is 1. The molecule has 3 aromatic heterocycles. The number of aromatic amines is 1. The van der Waals surface area contributed by atoms with Gasteiger partial charge in [-0.1, -0.05) is 12.1 Å². The molecule has 3 N–H and O–H groups in total. The normalized spacial score (nSPS) is 14.2. The molecule has 5 rings (SSSR count). The molecule has 4 aromatic rings. The predicted molar refractivity (Wildman–Crippen MR) is 121 cm³/mol. The van der Waals surface area contributed by atoms with Gasteiger partial charge < -0.3 is 14.8 Å². The summed E-state index contributed by atoms with van der Waals surface area (Å²) in [6.45, 7) is 0.388. The summed E-state index contributed by atoms with van der Waals surface area (Å²) in [6.07, 6.45) is 2.56. The van der Waals surface area contributed by atoms with Gasteiger partial charge in [-0.3, -0.25) is 19.8 Å². The van der Waals surface area contributed by atoms with Gasteiger partial charge in [0.15, 0.2) is 0 Å². The van der Waals surface area contributed by atoms with Crippen LogP contribution in [0.3, 0.4) is 0 Å². The van der Waals surface area contributed by atoms with Crippen LogP contribution in [-0.4, -0.2) is 52.0 Å². The number of nitrogens with zero attached hydrogens (tertiary/aromatic N) is 2. The first-order chi connectivity index (χ1) is 15.6. The zero-order valence-electron chi connectivity index (χ0n) is 17.2. The van der Waals surface area contributed by atoms with Gasteiger partial charge in [0, 0.05) is 41.3 Å². The summed E-state index contributed by atoms with van der Waals surface area (Å²) in [5.74, 6) is -0.0663. The number of nitrogens with one attached hydrogen (secondary N) is 2. The van der Waals surface area contributed by atoms with Crippen LogP contribution in [0, 0.1) is 0 Å². The van der Waals surface area contributed by atoms with Crippen LogP contribution in [-0.2, 0) is 0 Å². The van der Waals surface area contributed by atoms with Crippen molar-refractivity contribution >= 4 is 34.2 Å². The van der Waals surface area contributed by atoms with E-state index in [1.807, 2.05) is 24.4 Å². The largest absolute Gasteiger partial charge is 0.495 e. The Morgan fingerprint density at radius 3 is 2.62 bits per heavy atom. The quantitative estimate of drug-likeness (QED) is 0.296. The monoisotopic (exact) mass is 448 g/mol. The second-order valence-corrected chi connectivity index (χ2v) is 8.39. The average Bonchev–Trinajstić information content (AvgIpc) is 3.52. The van der Waals surface area contributed by atoms with Crippen LogP contribution in [0.5, 0.6) is 5.75 Å². The molecule has 4 heterocycles. The highest BCUT2D eigenvalue weighted by Crippen LogP contribution is 2.41. The SMILES string of the molecule is COc1cc(-c2ccnc3[nH]ccc23)sc1C(O)NCCN1C(=O)c2ccccc2C1=O. The molecule has 0 bridgehead atoms. The van der Waals surface area contributed by atoms with Crippen molar-refractivity contribution in [2.24, 2.45) is 0 Å². The lowest BCUT2D eigenvalue weighted by Crippen LogP contribution is -2.37. The summed E-state index contributed by atoms with van der Waals surface area (Å²) < 4.78 is 5.49. The number of hydrogen-bond acceptors (Lipinski definition) is 7. The Kier molecular flexibility index (Phi) is 5.22. The van der Waals surface area contributed by atoms with Crippen LogP contribution in [0.1, 0.15) is 31.8 Å². The van der Waals surface area contributed by atoms with E-state index in [1.54, 1.807) is 37.6 Å². The van der Waals surface area contributed by atoms with Crippen LogP contribution < -0.4 is 10.1 Å². The predicted octanol–water partition coefficient (Wildman–Crippen LogP) is 3.18. The fraction of sp³-hybridized carbons (Fsp3) is 0.174. The summed E-state index contributed by atoms with van der Waals surface area (Å²) in [5, 5.41) is 14.7. The number of hydrogen-bond donors (Lipinski definition) is 3. The molecule has 0 aliphatic carbocycles. The van der Waals surface area contributed by atoms with E-state index in [0.29, 0.717) is 21.8 Å². The van der Waals surface area contributed by atoms with Crippen molar-refractivity contribution in [3.8, 4) is 16.2 Å². The second-order valence-electron chi connectivity index (χ2n) is 7.31. The van der Waals surface area contributed by atoms with Gasteiger partial charge in [0.05, 0.1) is 23.1 Å². The molecule has 1 atom stereocenters. The molecule has 8 nitrogen and oxygen atoms in total. The van der Waals surface area contributed by atoms with Crippen molar-refractivity contribution in [3.63, 3.8) is 0 Å². The Labute approximate surface area is 187 Å². The standard InChI is InChI=1S/C23H20N4O4S/c1-31-17-12-18(13-6-8-24-20-14(13)7-9-25-20)32-19(17)21(28)26-10-11-27-22(29)15-4-2-3-5-16(15)23(27)30/h2-9,12,21,26,28H,10-11H2,1H3,(H,24,25). The molecule has 0 fully saturated rings. The van der Waals surface area contributed by atoms with Gasteiger partial charge >= 0.3 is 0 Å². The third-order valence-electron chi connectivity index (χ3n) is 5.47. The molecule has 0 spiro atoms. The van der Waals surface area contributed by atoms with E-state index in [4.69, 9.17) is 4.74 Å². The lowest BCUT2D eigenvalue weighted by molar-refractivity contribution is 0.0640. The Hall–Kier alpha value is -3.53. The third kappa shape index (κ3) is 3.36. The van der Waals surface area contributed by atoms with Gasteiger partial charge in [-0.2, -0.15) is 0 Å². The lowest BCUT2D eigenvalue weighted by atomic mass is 10.1. The average molecular weight is 449 g/mol. The summed E-state index contributed by atoms with van der Waals surface area (Å²) in [7, 11) is 1.55. The Bertz CT molecular complexity index is 1290. The highest BCUT2D eigenvalue weighted by molar-refractivity contribution is 7.16. The summed E-state index contributed by atoms with van der Waals surface area (Å²) in [5.41, 5.74) is 2.60. The number of benzene rings is 1. The number of rotatable bonds is 7. The molecule has 1 aliphatic heterocycles. The summed E-state index contributed by atoms with van der Waals surface area (Å²) in [6, 6.07) is 12.5. The van der Waals surface area contributed by atoms with E-state index in [0.717, 1.165) is 21.5 Å². The van der Waals surface area contributed by atoms with E-state index >= 15 is 0 Å². The first kappa shape index (κ1) is 20.4. The van der Waals surface area contributed by atoms with Gasteiger partial charge in [-0.05, 0) is 30.3 Å². The molecule has 1 unspecified atom stereocenters. The molecule has 0 radical (unpaired) electrons. The smallest absolute Gasteiger partial charge is 0.261 e. The van der Waals surface area contributed by atoms with Gasteiger partial charge in [-0.25, -0.2) is 4.98 Å². The number of pyridine rings is 1. The van der Waals surface area contributed by atoms with E-state index < -0.39 is 6.23 Å². The minimum absolute atomic E-state index is 0.151.